The summed E-state index contributed by atoms with van der Waals surface area (Å²) in [5, 5.41) is 0. The number of hydrogen-bond donors (Lipinski definition) is 0. The fourth-order valence-corrected chi connectivity index (χ4v) is 2.93. The Hall–Kier alpha value is -2.95. The van der Waals surface area contributed by atoms with Gasteiger partial charge in [-0.05, 0) is 56.5 Å². The molecule has 2 aromatic rings. The Labute approximate surface area is 146 Å². The van der Waals surface area contributed by atoms with E-state index in [1.54, 1.807) is 24.3 Å². The maximum Gasteiger partial charge on any atom is 0.334 e. The Bertz CT molecular complexity index is 866. The number of carbonyl (C=O) groups excluding carboxylic acids is 3. The van der Waals surface area contributed by atoms with Crippen LogP contribution in [-0.2, 0) is 4.79 Å². The lowest BCUT2D eigenvalue weighted by Crippen LogP contribution is -2.44. The fourth-order valence-electron chi connectivity index (χ4n) is 2.93. The predicted octanol–water partition coefficient (Wildman–Crippen LogP) is 3.20. The zero-order valence-corrected chi connectivity index (χ0v) is 14.6. The maximum atomic E-state index is 12.6. The summed E-state index contributed by atoms with van der Waals surface area (Å²) in [5.74, 6) is -1.09. The first-order valence-corrected chi connectivity index (χ1v) is 8.08. The van der Waals surface area contributed by atoms with Crippen LogP contribution >= 0.6 is 0 Å². The lowest BCUT2D eigenvalue weighted by molar-refractivity contribution is -0.138. The van der Waals surface area contributed by atoms with Gasteiger partial charge in [0.15, 0.2) is 0 Å². The van der Waals surface area contributed by atoms with Gasteiger partial charge in [0.2, 0.25) is 0 Å². The number of nitrogens with zero attached hydrogens (tertiary/aromatic N) is 1. The number of hydrogen-bond acceptors (Lipinski definition) is 4. The van der Waals surface area contributed by atoms with Gasteiger partial charge in [-0.2, -0.15) is 0 Å². The molecule has 2 aromatic carbocycles. The normalized spacial score (nSPS) is 14.5. The highest BCUT2D eigenvalue weighted by molar-refractivity contribution is 6.22. The van der Waals surface area contributed by atoms with E-state index in [-0.39, 0.29) is 0 Å². The monoisotopic (exact) mass is 337 g/mol. The van der Waals surface area contributed by atoms with Gasteiger partial charge < -0.3 is 4.74 Å². The van der Waals surface area contributed by atoms with Gasteiger partial charge in [0.05, 0.1) is 11.1 Å². The summed E-state index contributed by atoms with van der Waals surface area (Å²) < 4.78 is 5.54. The highest BCUT2D eigenvalue weighted by atomic mass is 16.5. The van der Waals surface area contributed by atoms with Crippen molar-refractivity contribution in [3.05, 3.63) is 64.2 Å². The summed E-state index contributed by atoms with van der Waals surface area (Å²) in [5.41, 5.74) is 3.32. The number of rotatable bonds is 3. The van der Waals surface area contributed by atoms with Gasteiger partial charge in [0, 0.05) is 0 Å². The van der Waals surface area contributed by atoms with E-state index in [1.165, 1.54) is 6.92 Å². The van der Waals surface area contributed by atoms with Crippen LogP contribution < -0.4 is 4.74 Å². The van der Waals surface area contributed by atoms with Gasteiger partial charge in [0.1, 0.15) is 11.8 Å². The second kappa shape index (κ2) is 6.16. The summed E-state index contributed by atoms with van der Waals surface area (Å²) in [6, 6.07) is 9.37. The fraction of sp³-hybridized carbons (Fsp3) is 0.250. The van der Waals surface area contributed by atoms with E-state index in [9.17, 15) is 14.4 Å². The first kappa shape index (κ1) is 16.9. The average Bonchev–Trinajstić information content (AvgIpc) is 2.86. The lowest BCUT2D eigenvalue weighted by Gasteiger charge is -2.22. The molecule has 1 heterocycles. The van der Waals surface area contributed by atoms with Crippen LogP contribution in [-0.4, -0.2) is 28.7 Å². The first-order chi connectivity index (χ1) is 11.8. The first-order valence-electron chi connectivity index (χ1n) is 8.08. The molecule has 1 atom stereocenters. The highest BCUT2D eigenvalue weighted by Crippen LogP contribution is 2.28. The van der Waals surface area contributed by atoms with Crippen LogP contribution in [0.2, 0.25) is 0 Å². The number of carbonyl (C=O) groups is 3. The average molecular weight is 337 g/mol. The van der Waals surface area contributed by atoms with E-state index < -0.39 is 23.8 Å². The quantitative estimate of drug-likeness (QED) is 0.490. The zero-order chi connectivity index (χ0) is 18.3. The van der Waals surface area contributed by atoms with Crippen molar-refractivity contribution in [1.29, 1.82) is 0 Å². The summed E-state index contributed by atoms with van der Waals surface area (Å²) in [6.45, 7) is 7.16. The molecule has 25 heavy (non-hydrogen) atoms. The van der Waals surface area contributed by atoms with E-state index in [0.717, 1.165) is 21.6 Å². The van der Waals surface area contributed by atoms with Crippen LogP contribution in [0.4, 0.5) is 0 Å². The van der Waals surface area contributed by atoms with Gasteiger partial charge in [0.25, 0.3) is 11.8 Å². The third kappa shape index (κ3) is 2.71. The number of fused-ring (bicyclic) bond motifs is 1. The number of amides is 2. The number of esters is 1. The molecule has 0 unspecified atom stereocenters. The molecule has 5 nitrogen and oxygen atoms in total. The molecule has 2 amide bonds. The minimum atomic E-state index is -1.01. The molecular formula is C20H19NO4. The summed E-state index contributed by atoms with van der Waals surface area (Å²) >= 11 is 0. The number of benzene rings is 2. The SMILES string of the molecule is Cc1ccc(C)c(OC(=O)[C@@H](C)N2C(=O)c3ccccc3C2=O)c1C. The van der Waals surface area contributed by atoms with E-state index in [1.807, 2.05) is 32.9 Å². The van der Waals surface area contributed by atoms with Gasteiger partial charge in [-0.15, -0.1) is 0 Å². The van der Waals surface area contributed by atoms with Crippen molar-refractivity contribution in [3.63, 3.8) is 0 Å². The summed E-state index contributed by atoms with van der Waals surface area (Å²) in [4.78, 5) is 38.5. The number of imide groups is 1. The largest absolute Gasteiger partial charge is 0.424 e. The number of aryl methyl sites for hydroxylation is 2. The molecule has 0 saturated carbocycles. The zero-order valence-electron chi connectivity index (χ0n) is 14.6. The van der Waals surface area contributed by atoms with Crippen LogP contribution in [0.25, 0.3) is 0 Å². The topological polar surface area (TPSA) is 63.7 Å². The third-order valence-electron chi connectivity index (χ3n) is 4.63. The van der Waals surface area contributed by atoms with Crippen molar-refractivity contribution in [2.24, 2.45) is 0 Å². The molecule has 1 aliphatic heterocycles. The molecule has 1 aliphatic rings. The maximum absolute atomic E-state index is 12.6. The van der Waals surface area contributed by atoms with Crippen molar-refractivity contribution in [3.8, 4) is 5.75 Å². The predicted molar refractivity (Wildman–Crippen MR) is 92.7 cm³/mol. The number of ether oxygens (including phenoxy) is 1. The molecule has 0 saturated heterocycles. The molecular weight excluding hydrogens is 318 g/mol. The molecule has 0 bridgehead atoms. The van der Waals surface area contributed by atoms with Crippen molar-refractivity contribution in [1.82, 2.24) is 4.90 Å². The highest BCUT2D eigenvalue weighted by Gasteiger charge is 2.41. The van der Waals surface area contributed by atoms with Crippen molar-refractivity contribution >= 4 is 17.8 Å². The Balaban J connectivity index is 1.87. The summed E-state index contributed by atoms with van der Waals surface area (Å²) in [6.07, 6.45) is 0. The molecule has 5 heteroatoms. The standard InChI is InChI=1S/C20H19NO4/c1-11-9-10-12(2)17(13(11)3)25-20(24)14(4)21-18(22)15-7-5-6-8-16(15)19(21)23/h5-10,14H,1-4H3/t14-/m1/s1. The van der Waals surface area contributed by atoms with E-state index in [4.69, 9.17) is 4.74 Å². The van der Waals surface area contributed by atoms with Crippen LogP contribution in [0, 0.1) is 20.8 Å². The molecule has 3 rings (SSSR count). The van der Waals surface area contributed by atoms with Crippen molar-refractivity contribution in [2.45, 2.75) is 33.7 Å². The Morgan fingerprint density at radius 1 is 0.920 bits per heavy atom. The second-order valence-corrected chi connectivity index (χ2v) is 6.28. The molecule has 0 spiro atoms. The van der Waals surface area contributed by atoms with Crippen LogP contribution in [0.3, 0.4) is 0 Å². The van der Waals surface area contributed by atoms with Crippen LogP contribution in [0.5, 0.6) is 5.75 Å². The second-order valence-electron chi connectivity index (χ2n) is 6.28. The van der Waals surface area contributed by atoms with Crippen molar-refractivity contribution in [2.75, 3.05) is 0 Å². The Morgan fingerprint density at radius 3 is 2.00 bits per heavy atom. The minimum absolute atomic E-state index is 0.315. The molecule has 0 N–H and O–H groups in total. The van der Waals surface area contributed by atoms with E-state index >= 15 is 0 Å². The Kier molecular flexibility index (Phi) is 4.17. The van der Waals surface area contributed by atoms with Gasteiger partial charge >= 0.3 is 5.97 Å². The lowest BCUT2D eigenvalue weighted by atomic mass is 10.1. The molecule has 0 fully saturated rings. The summed E-state index contributed by atoms with van der Waals surface area (Å²) in [7, 11) is 0. The van der Waals surface area contributed by atoms with Gasteiger partial charge in [-0.25, -0.2) is 4.79 Å². The van der Waals surface area contributed by atoms with Crippen molar-refractivity contribution < 1.29 is 19.1 Å². The van der Waals surface area contributed by atoms with Crippen LogP contribution in [0.1, 0.15) is 44.3 Å². The van der Waals surface area contributed by atoms with Crippen LogP contribution in [0.15, 0.2) is 36.4 Å². The van der Waals surface area contributed by atoms with Gasteiger partial charge in [-0.1, -0.05) is 24.3 Å². The molecule has 0 aromatic heterocycles. The molecule has 0 aliphatic carbocycles. The van der Waals surface area contributed by atoms with Gasteiger partial charge in [-0.3, -0.25) is 14.5 Å². The smallest absolute Gasteiger partial charge is 0.334 e. The molecule has 0 radical (unpaired) electrons. The minimum Gasteiger partial charge on any atom is -0.424 e. The van der Waals surface area contributed by atoms with E-state index in [0.29, 0.717) is 16.9 Å². The Morgan fingerprint density at radius 2 is 1.44 bits per heavy atom. The third-order valence-corrected chi connectivity index (χ3v) is 4.63. The molecule has 128 valence electrons. The van der Waals surface area contributed by atoms with E-state index in [2.05, 4.69) is 0 Å².